The van der Waals surface area contributed by atoms with Gasteiger partial charge in [0.05, 0.1) is 12.1 Å². The van der Waals surface area contributed by atoms with Gasteiger partial charge in [-0.05, 0) is 25.3 Å². The molecule has 3 atom stereocenters. The number of carbonyl (C=O) groups is 1. The third-order valence-corrected chi connectivity index (χ3v) is 4.77. The average molecular weight is 340 g/mol. The molecule has 2 rings (SSSR count). The lowest BCUT2D eigenvalue weighted by molar-refractivity contribution is 0.0562. The van der Waals surface area contributed by atoms with Gasteiger partial charge in [0, 0.05) is 31.1 Å². The molecule has 0 bridgehead atoms. The molecule has 1 fully saturated rings. The van der Waals surface area contributed by atoms with Crippen molar-refractivity contribution in [2.24, 2.45) is 5.92 Å². The first kappa shape index (κ1) is 18.6. The van der Waals surface area contributed by atoms with Crippen molar-refractivity contribution < 1.29 is 18.7 Å². The van der Waals surface area contributed by atoms with E-state index < -0.39 is 17.7 Å². The zero-order valence-electron chi connectivity index (χ0n) is 14.3. The fourth-order valence-corrected chi connectivity index (χ4v) is 3.28. The molecule has 2 N–H and O–H groups in total. The number of hydrogen-bond donors (Lipinski definition) is 2. The lowest BCUT2D eigenvalue weighted by atomic mass is 9.86. The molecule has 1 aromatic rings. The van der Waals surface area contributed by atoms with Gasteiger partial charge >= 0.3 is 6.03 Å². The quantitative estimate of drug-likeness (QED) is 0.860. The van der Waals surface area contributed by atoms with Gasteiger partial charge in [0.2, 0.25) is 0 Å². The molecular weight excluding hydrogens is 314 g/mol. The van der Waals surface area contributed by atoms with Crippen molar-refractivity contribution >= 4 is 6.03 Å². The number of carbonyl (C=O) groups excluding carboxylic acids is 1. The first-order chi connectivity index (χ1) is 11.4. The molecule has 1 saturated carbocycles. The number of aliphatic hydroxyl groups excluding tert-OH is 1. The maximum absolute atomic E-state index is 13.9. The fraction of sp³-hybridized carbons (Fsp3) is 0.611. The van der Waals surface area contributed by atoms with Crippen molar-refractivity contribution in [1.82, 2.24) is 10.2 Å². The van der Waals surface area contributed by atoms with E-state index in [1.807, 2.05) is 6.92 Å². The molecule has 0 aliphatic heterocycles. The summed E-state index contributed by atoms with van der Waals surface area (Å²) in [5, 5.41) is 12.8. The van der Waals surface area contributed by atoms with Gasteiger partial charge in [-0.25, -0.2) is 13.6 Å². The van der Waals surface area contributed by atoms with Crippen LogP contribution in [0.4, 0.5) is 13.6 Å². The first-order valence-corrected chi connectivity index (χ1v) is 8.57. The Labute approximate surface area is 141 Å². The van der Waals surface area contributed by atoms with Crippen LogP contribution in [0.3, 0.4) is 0 Å². The second kappa shape index (κ2) is 8.42. The minimum atomic E-state index is -0.660. The molecule has 1 aliphatic carbocycles. The Bertz CT molecular complexity index is 568. The summed E-state index contributed by atoms with van der Waals surface area (Å²) in [6.45, 7) is 2.30. The maximum atomic E-state index is 13.9. The highest BCUT2D eigenvalue weighted by Gasteiger charge is 2.26. The minimum absolute atomic E-state index is 0.0807. The summed E-state index contributed by atoms with van der Waals surface area (Å²) in [5.41, 5.74) is 0.276. The van der Waals surface area contributed by atoms with Crippen LogP contribution in [0.15, 0.2) is 18.2 Å². The third kappa shape index (κ3) is 4.66. The Morgan fingerprint density at radius 1 is 1.38 bits per heavy atom. The third-order valence-electron chi connectivity index (χ3n) is 4.77. The summed E-state index contributed by atoms with van der Waals surface area (Å²) in [5.74, 6) is -1.22. The van der Waals surface area contributed by atoms with Gasteiger partial charge in [-0.1, -0.05) is 25.8 Å². The standard InChI is InChI=1S/C18H26F2N2O2/c1-3-16(14-9-8-13(19)10-15(14)20)21-18(24)22(2)11-12-6-4-5-7-17(12)23/h8-10,12,16-17,23H,3-7,11H2,1-2H3,(H,21,24). The number of halogens is 2. The zero-order chi connectivity index (χ0) is 17.7. The second-order valence-corrected chi connectivity index (χ2v) is 6.57. The predicted octanol–water partition coefficient (Wildman–Crippen LogP) is 3.61. The normalized spacial score (nSPS) is 22.0. The van der Waals surface area contributed by atoms with Crippen molar-refractivity contribution in [3.63, 3.8) is 0 Å². The molecule has 0 radical (unpaired) electrons. The van der Waals surface area contributed by atoms with E-state index in [4.69, 9.17) is 0 Å². The van der Waals surface area contributed by atoms with Crippen LogP contribution in [0, 0.1) is 17.6 Å². The van der Waals surface area contributed by atoms with Gasteiger partial charge in [-0.2, -0.15) is 0 Å². The molecule has 0 spiro atoms. The molecule has 6 heteroatoms. The van der Waals surface area contributed by atoms with E-state index in [0.29, 0.717) is 13.0 Å². The molecule has 1 aliphatic rings. The Hall–Kier alpha value is -1.69. The number of nitrogens with zero attached hydrogens (tertiary/aromatic N) is 1. The highest BCUT2D eigenvalue weighted by atomic mass is 19.1. The fourth-order valence-electron chi connectivity index (χ4n) is 3.28. The van der Waals surface area contributed by atoms with Crippen LogP contribution in [-0.4, -0.2) is 35.7 Å². The summed E-state index contributed by atoms with van der Waals surface area (Å²) in [7, 11) is 1.67. The van der Waals surface area contributed by atoms with Crippen LogP contribution in [0.2, 0.25) is 0 Å². The van der Waals surface area contributed by atoms with Crippen molar-refractivity contribution in [2.45, 2.75) is 51.2 Å². The topological polar surface area (TPSA) is 52.6 Å². The van der Waals surface area contributed by atoms with Gasteiger partial charge in [0.15, 0.2) is 0 Å². The Balaban J connectivity index is 1.97. The molecule has 24 heavy (non-hydrogen) atoms. The number of hydrogen-bond acceptors (Lipinski definition) is 2. The number of amides is 2. The predicted molar refractivity (Wildman–Crippen MR) is 88.5 cm³/mol. The van der Waals surface area contributed by atoms with E-state index in [9.17, 15) is 18.7 Å². The van der Waals surface area contributed by atoms with E-state index in [2.05, 4.69) is 5.32 Å². The number of urea groups is 1. The van der Waals surface area contributed by atoms with E-state index >= 15 is 0 Å². The molecule has 0 heterocycles. The Morgan fingerprint density at radius 3 is 2.71 bits per heavy atom. The molecular formula is C18H26F2N2O2. The summed E-state index contributed by atoms with van der Waals surface area (Å²) >= 11 is 0. The molecule has 4 nitrogen and oxygen atoms in total. The van der Waals surface area contributed by atoms with Crippen molar-refractivity contribution in [2.75, 3.05) is 13.6 Å². The lowest BCUT2D eigenvalue weighted by Gasteiger charge is -2.32. The maximum Gasteiger partial charge on any atom is 0.317 e. The Morgan fingerprint density at radius 2 is 2.08 bits per heavy atom. The summed E-state index contributed by atoms with van der Waals surface area (Å²) in [6, 6.07) is 2.55. The SMILES string of the molecule is CCC(NC(=O)N(C)CC1CCCCC1O)c1ccc(F)cc1F. The van der Waals surface area contributed by atoms with Gasteiger partial charge in [0.25, 0.3) is 0 Å². The van der Waals surface area contributed by atoms with Crippen LogP contribution >= 0.6 is 0 Å². The van der Waals surface area contributed by atoms with Crippen LogP contribution in [0.1, 0.15) is 50.6 Å². The van der Waals surface area contributed by atoms with Gasteiger partial charge < -0.3 is 15.3 Å². The number of aliphatic hydroxyl groups is 1. The highest BCUT2D eigenvalue weighted by molar-refractivity contribution is 5.74. The van der Waals surface area contributed by atoms with Gasteiger partial charge in [0.1, 0.15) is 11.6 Å². The largest absolute Gasteiger partial charge is 0.393 e. The zero-order valence-corrected chi connectivity index (χ0v) is 14.3. The summed E-state index contributed by atoms with van der Waals surface area (Å²) in [4.78, 5) is 13.9. The number of nitrogens with one attached hydrogen (secondary N) is 1. The van der Waals surface area contributed by atoms with Crippen molar-refractivity contribution in [1.29, 1.82) is 0 Å². The highest BCUT2D eigenvalue weighted by Crippen LogP contribution is 2.25. The van der Waals surface area contributed by atoms with Crippen LogP contribution < -0.4 is 5.32 Å². The van der Waals surface area contributed by atoms with E-state index in [1.54, 1.807) is 7.05 Å². The minimum Gasteiger partial charge on any atom is -0.393 e. The molecule has 0 saturated heterocycles. The Kier molecular flexibility index (Phi) is 6.54. The number of rotatable bonds is 5. The average Bonchev–Trinajstić information content (AvgIpc) is 2.55. The second-order valence-electron chi connectivity index (χ2n) is 6.57. The van der Waals surface area contributed by atoms with Crippen molar-refractivity contribution in [3.8, 4) is 0 Å². The van der Waals surface area contributed by atoms with E-state index in [1.165, 1.54) is 17.0 Å². The van der Waals surface area contributed by atoms with Gasteiger partial charge in [-0.3, -0.25) is 0 Å². The molecule has 3 unspecified atom stereocenters. The molecule has 1 aromatic carbocycles. The molecule has 0 aromatic heterocycles. The van der Waals surface area contributed by atoms with Crippen LogP contribution in [-0.2, 0) is 0 Å². The van der Waals surface area contributed by atoms with Gasteiger partial charge in [-0.15, -0.1) is 0 Å². The number of benzene rings is 1. The molecule has 2 amide bonds. The first-order valence-electron chi connectivity index (χ1n) is 8.57. The summed E-state index contributed by atoms with van der Waals surface area (Å²) in [6.07, 6.45) is 3.89. The summed E-state index contributed by atoms with van der Waals surface area (Å²) < 4.78 is 27.0. The van der Waals surface area contributed by atoms with Crippen molar-refractivity contribution in [3.05, 3.63) is 35.4 Å². The van der Waals surface area contributed by atoms with Crippen LogP contribution in [0.25, 0.3) is 0 Å². The molecule has 134 valence electrons. The van der Waals surface area contributed by atoms with Crippen LogP contribution in [0.5, 0.6) is 0 Å². The van der Waals surface area contributed by atoms with E-state index in [-0.39, 0.29) is 23.6 Å². The smallest absolute Gasteiger partial charge is 0.317 e. The van der Waals surface area contributed by atoms with E-state index in [0.717, 1.165) is 31.7 Å². The monoisotopic (exact) mass is 340 g/mol. The lowest BCUT2D eigenvalue weighted by Crippen LogP contribution is -2.44.